The molecule has 0 atom stereocenters. The monoisotopic (exact) mass is 272 g/mol. The number of aryl methyl sites for hydroxylation is 2. The highest BCUT2D eigenvalue weighted by atomic mass is 32.1. The number of nitrogens with one attached hydrogen (secondary N) is 1. The fourth-order valence-corrected chi connectivity index (χ4v) is 2.34. The van der Waals surface area contributed by atoms with Gasteiger partial charge in [-0.3, -0.25) is 0 Å². The lowest BCUT2D eigenvalue weighted by atomic mass is 10.0. The Balaban J connectivity index is 2.50. The summed E-state index contributed by atoms with van der Waals surface area (Å²) in [7, 11) is 0. The Kier molecular flexibility index (Phi) is 4.48. The zero-order valence-electron chi connectivity index (χ0n) is 11.8. The minimum absolute atomic E-state index is 0.705. The summed E-state index contributed by atoms with van der Waals surface area (Å²) < 4.78 is 0.705. The summed E-state index contributed by atoms with van der Waals surface area (Å²) in [6.07, 6.45) is 3.06. The van der Waals surface area contributed by atoms with Crippen molar-refractivity contribution in [1.82, 2.24) is 9.97 Å². The molecule has 0 fully saturated rings. The summed E-state index contributed by atoms with van der Waals surface area (Å²) in [6.45, 7) is 6.35. The molecular formula is C16H20N2S. The van der Waals surface area contributed by atoms with Crippen molar-refractivity contribution < 1.29 is 0 Å². The summed E-state index contributed by atoms with van der Waals surface area (Å²) in [5, 5.41) is 0. The van der Waals surface area contributed by atoms with Crippen molar-refractivity contribution in [1.29, 1.82) is 0 Å². The molecule has 0 aliphatic carbocycles. The van der Waals surface area contributed by atoms with Crippen LogP contribution in [0.3, 0.4) is 0 Å². The van der Waals surface area contributed by atoms with Gasteiger partial charge in [0.2, 0.25) is 0 Å². The van der Waals surface area contributed by atoms with Crippen LogP contribution in [0.1, 0.15) is 37.2 Å². The van der Waals surface area contributed by atoms with Gasteiger partial charge in [-0.1, -0.05) is 50.3 Å². The fourth-order valence-electron chi connectivity index (χ4n) is 2.13. The molecule has 3 heteroatoms. The number of rotatable bonds is 4. The van der Waals surface area contributed by atoms with Crippen molar-refractivity contribution in [2.75, 3.05) is 0 Å². The van der Waals surface area contributed by atoms with Crippen LogP contribution < -0.4 is 0 Å². The van der Waals surface area contributed by atoms with Gasteiger partial charge in [0.15, 0.2) is 0 Å². The molecule has 0 amide bonds. The average Bonchev–Trinajstić information content (AvgIpc) is 2.43. The van der Waals surface area contributed by atoms with E-state index in [0.29, 0.717) is 4.64 Å². The first-order valence-electron chi connectivity index (χ1n) is 6.84. The summed E-state index contributed by atoms with van der Waals surface area (Å²) in [4.78, 5) is 7.87. The van der Waals surface area contributed by atoms with Gasteiger partial charge in [0.05, 0.1) is 5.69 Å². The van der Waals surface area contributed by atoms with Crippen LogP contribution in [0.4, 0.5) is 0 Å². The van der Waals surface area contributed by atoms with Gasteiger partial charge in [0.1, 0.15) is 10.5 Å². The van der Waals surface area contributed by atoms with Crippen LogP contribution in [0.5, 0.6) is 0 Å². The second kappa shape index (κ2) is 6.11. The van der Waals surface area contributed by atoms with Crippen LogP contribution in [0.25, 0.3) is 11.3 Å². The standard InChI is InChI=1S/C16H20N2S/c1-4-6-14-17-15(11(3)16(19)18-14)13-9-7-12(5-2)8-10-13/h7-10H,4-6H2,1-3H3,(H,17,18,19). The molecular weight excluding hydrogens is 252 g/mol. The highest BCUT2D eigenvalue weighted by Gasteiger charge is 2.07. The van der Waals surface area contributed by atoms with E-state index in [2.05, 4.69) is 48.1 Å². The van der Waals surface area contributed by atoms with E-state index in [1.807, 2.05) is 6.92 Å². The molecule has 0 unspecified atom stereocenters. The van der Waals surface area contributed by atoms with E-state index in [4.69, 9.17) is 12.2 Å². The number of hydrogen-bond acceptors (Lipinski definition) is 2. The molecule has 2 aromatic rings. The van der Waals surface area contributed by atoms with Crippen molar-refractivity contribution in [3.8, 4) is 11.3 Å². The molecule has 1 N–H and O–H groups in total. The summed E-state index contributed by atoms with van der Waals surface area (Å²) in [5.74, 6) is 0.979. The molecule has 19 heavy (non-hydrogen) atoms. The van der Waals surface area contributed by atoms with Crippen LogP contribution >= 0.6 is 12.2 Å². The van der Waals surface area contributed by atoms with Crippen LogP contribution in [-0.4, -0.2) is 9.97 Å². The molecule has 0 aliphatic heterocycles. The van der Waals surface area contributed by atoms with E-state index in [0.717, 1.165) is 36.3 Å². The van der Waals surface area contributed by atoms with Crippen molar-refractivity contribution in [3.63, 3.8) is 0 Å². The molecule has 1 aromatic carbocycles. The summed E-state index contributed by atoms with van der Waals surface area (Å²) in [6, 6.07) is 8.65. The molecule has 2 rings (SSSR count). The Morgan fingerprint density at radius 3 is 2.42 bits per heavy atom. The van der Waals surface area contributed by atoms with Gasteiger partial charge in [0.25, 0.3) is 0 Å². The van der Waals surface area contributed by atoms with Gasteiger partial charge in [-0.25, -0.2) is 4.98 Å². The van der Waals surface area contributed by atoms with E-state index < -0.39 is 0 Å². The predicted molar refractivity (Wildman–Crippen MR) is 83.0 cm³/mol. The molecule has 1 aromatic heterocycles. The van der Waals surface area contributed by atoms with Crippen molar-refractivity contribution >= 4 is 12.2 Å². The molecule has 100 valence electrons. The highest BCUT2D eigenvalue weighted by Crippen LogP contribution is 2.22. The van der Waals surface area contributed by atoms with Gasteiger partial charge in [-0.15, -0.1) is 0 Å². The molecule has 1 heterocycles. The second-order valence-corrected chi connectivity index (χ2v) is 5.18. The maximum Gasteiger partial charge on any atom is 0.133 e. The molecule has 0 saturated carbocycles. The smallest absolute Gasteiger partial charge is 0.133 e. The molecule has 0 bridgehead atoms. The van der Waals surface area contributed by atoms with E-state index >= 15 is 0 Å². The lowest BCUT2D eigenvalue weighted by Crippen LogP contribution is -2.00. The van der Waals surface area contributed by atoms with Crippen LogP contribution in [0, 0.1) is 11.6 Å². The second-order valence-electron chi connectivity index (χ2n) is 4.79. The normalized spacial score (nSPS) is 10.7. The third-order valence-electron chi connectivity index (χ3n) is 3.34. The Hall–Kier alpha value is -1.48. The third kappa shape index (κ3) is 3.10. The SMILES string of the molecule is CCCc1nc(=S)c(C)c(-c2ccc(CC)cc2)[nH]1. The Morgan fingerprint density at radius 2 is 1.84 bits per heavy atom. The summed E-state index contributed by atoms with van der Waals surface area (Å²) in [5.41, 5.74) is 4.69. The minimum atomic E-state index is 0.705. The number of H-pyrrole nitrogens is 1. The maximum absolute atomic E-state index is 5.36. The van der Waals surface area contributed by atoms with Crippen LogP contribution in [0.15, 0.2) is 24.3 Å². The first-order valence-corrected chi connectivity index (χ1v) is 7.25. The van der Waals surface area contributed by atoms with Gasteiger partial charge in [0, 0.05) is 12.0 Å². The highest BCUT2D eigenvalue weighted by molar-refractivity contribution is 7.71. The number of benzene rings is 1. The van der Waals surface area contributed by atoms with Gasteiger partial charge < -0.3 is 4.98 Å². The Labute approximate surface area is 119 Å². The molecule has 0 aliphatic rings. The van der Waals surface area contributed by atoms with E-state index in [9.17, 15) is 0 Å². The lowest BCUT2D eigenvalue weighted by molar-refractivity contribution is 0.829. The van der Waals surface area contributed by atoms with E-state index in [1.54, 1.807) is 0 Å². The maximum atomic E-state index is 5.36. The molecule has 0 radical (unpaired) electrons. The molecule has 0 spiro atoms. The molecule has 0 saturated heterocycles. The van der Waals surface area contributed by atoms with Crippen molar-refractivity contribution in [3.05, 3.63) is 45.9 Å². The number of aromatic amines is 1. The first kappa shape index (κ1) is 13.9. The van der Waals surface area contributed by atoms with Crippen molar-refractivity contribution in [2.45, 2.75) is 40.0 Å². The van der Waals surface area contributed by atoms with Crippen LogP contribution in [0.2, 0.25) is 0 Å². The lowest BCUT2D eigenvalue weighted by Gasteiger charge is -2.10. The van der Waals surface area contributed by atoms with E-state index in [1.165, 1.54) is 11.1 Å². The predicted octanol–water partition coefficient (Wildman–Crippen LogP) is 4.63. The van der Waals surface area contributed by atoms with Crippen LogP contribution in [-0.2, 0) is 12.8 Å². The Bertz CT molecular complexity index is 612. The number of hydrogen-bond donors (Lipinski definition) is 1. The fraction of sp³-hybridized carbons (Fsp3) is 0.375. The quantitative estimate of drug-likeness (QED) is 0.822. The topological polar surface area (TPSA) is 28.7 Å². The number of nitrogens with zero attached hydrogens (tertiary/aromatic N) is 1. The van der Waals surface area contributed by atoms with Gasteiger partial charge in [-0.2, -0.15) is 0 Å². The molecule has 2 nitrogen and oxygen atoms in total. The van der Waals surface area contributed by atoms with Crippen molar-refractivity contribution in [2.24, 2.45) is 0 Å². The summed E-state index contributed by atoms with van der Waals surface area (Å²) >= 11 is 5.36. The minimum Gasteiger partial charge on any atom is -0.343 e. The largest absolute Gasteiger partial charge is 0.343 e. The zero-order chi connectivity index (χ0) is 13.8. The zero-order valence-corrected chi connectivity index (χ0v) is 12.6. The average molecular weight is 272 g/mol. The number of aromatic nitrogens is 2. The van der Waals surface area contributed by atoms with Gasteiger partial charge >= 0.3 is 0 Å². The Morgan fingerprint density at radius 1 is 1.16 bits per heavy atom. The third-order valence-corrected chi connectivity index (χ3v) is 3.74. The first-order chi connectivity index (χ1) is 9.15. The van der Waals surface area contributed by atoms with Gasteiger partial charge in [-0.05, 0) is 30.9 Å². The van der Waals surface area contributed by atoms with E-state index in [-0.39, 0.29) is 0 Å².